The van der Waals surface area contributed by atoms with Gasteiger partial charge < -0.3 is 20.1 Å². The second-order valence-electron chi connectivity index (χ2n) is 6.34. The van der Waals surface area contributed by atoms with E-state index < -0.39 is 67.8 Å². The van der Waals surface area contributed by atoms with Crippen LogP contribution in [0.15, 0.2) is 36.4 Å². The average Bonchev–Trinajstić information content (AvgIpc) is 2.78. The third-order valence-electron chi connectivity index (χ3n) is 4.25. The number of nitrogens with one attached hydrogen (secondary N) is 2. The van der Waals surface area contributed by atoms with Crippen LogP contribution in [0.3, 0.4) is 0 Å². The van der Waals surface area contributed by atoms with Crippen molar-refractivity contribution >= 4 is 34.6 Å². The van der Waals surface area contributed by atoms with Gasteiger partial charge >= 0.3 is 23.7 Å². The fraction of sp³-hybridized carbons (Fsp3) is 0.222. The summed E-state index contributed by atoms with van der Waals surface area (Å²) in [4.78, 5) is 43.8. The summed E-state index contributed by atoms with van der Waals surface area (Å²) in [5.41, 5.74) is -2.29. The van der Waals surface area contributed by atoms with Gasteiger partial charge in [-0.2, -0.15) is 17.6 Å². The lowest BCUT2D eigenvalue weighted by atomic mass is 10.1. The number of amides is 2. The number of non-ortho nitro benzene ring substituents is 2. The van der Waals surface area contributed by atoms with Crippen molar-refractivity contribution in [2.24, 2.45) is 0 Å². The predicted octanol–water partition coefficient (Wildman–Crippen LogP) is 3.37. The zero-order chi connectivity index (χ0) is 25.8. The van der Waals surface area contributed by atoms with E-state index in [0.717, 1.165) is 50.6 Å². The Morgan fingerprint density at radius 1 is 0.765 bits per heavy atom. The molecule has 0 spiro atoms. The summed E-state index contributed by atoms with van der Waals surface area (Å²) >= 11 is 0. The van der Waals surface area contributed by atoms with Gasteiger partial charge in [-0.1, -0.05) is 0 Å². The number of nitro benzene ring substituents is 2. The van der Waals surface area contributed by atoms with Gasteiger partial charge in [0.2, 0.25) is 0 Å². The largest absolute Gasteiger partial charge is 0.494 e. The number of hydrogen-bond donors (Lipinski definition) is 2. The first-order chi connectivity index (χ1) is 15.8. The molecule has 0 bridgehead atoms. The molecule has 0 aliphatic heterocycles. The van der Waals surface area contributed by atoms with Gasteiger partial charge in [0.05, 0.1) is 47.6 Å². The SMILES string of the molecule is COc1cc([N+](=O)[O-])ccc1NC(=O)C(F)(F)C(F)(F)C(=O)Nc1ccc([N+](=O)[O-])cc1OC. The molecule has 34 heavy (non-hydrogen) atoms. The van der Waals surface area contributed by atoms with E-state index in [1.165, 1.54) is 10.6 Å². The van der Waals surface area contributed by atoms with Gasteiger partial charge in [-0.15, -0.1) is 0 Å². The minimum atomic E-state index is -5.61. The molecule has 2 aromatic rings. The molecular formula is C18H14F4N4O8. The van der Waals surface area contributed by atoms with Crippen molar-refractivity contribution in [3.8, 4) is 11.5 Å². The fourth-order valence-electron chi connectivity index (χ4n) is 2.48. The van der Waals surface area contributed by atoms with Crippen molar-refractivity contribution in [2.45, 2.75) is 11.8 Å². The standard InChI is InChI=1S/C18H14F4N4O8/c1-33-13-7-9(25(29)30)3-5-11(13)23-15(27)17(19,20)18(21,22)16(28)24-12-6-4-10(26(31)32)8-14(12)34-2/h3-8H,1-2H3,(H,23,27)(H,24,28). The van der Waals surface area contributed by atoms with E-state index in [9.17, 15) is 47.4 Å². The zero-order valence-corrected chi connectivity index (χ0v) is 17.1. The average molecular weight is 490 g/mol. The van der Waals surface area contributed by atoms with Gasteiger partial charge in [0.1, 0.15) is 11.5 Å². The Labute approximate surface area is 186 Å². The smallest absolute Gasteiger partial charge is 0.396 e. The maximum absolute atomic E-state index is 14.3. The molecule has 16 heteroatoms. The summed E-state index contributed by atoms with van der Waals surface area (Å²) in [5.74, 6) is -17.4. The van der Waals surface area contributed by atoms with E-state index in [1.54, 1.807) is 0 Å². The van der Waals surface area contributed by atoms with Crippen molar-refractivity contribution in [3.63, 3.8) is 0 Å². The molecule has 0 atom stereocenters. The second kappa shape index (κ2) is 9.55. The molecule has 2 aromatic carbocycles. The lowest BCUT2D eigenvalue weighted by molar-refractivity contribution is -0.385. The maximum Gasteiger partial charge on any atom is 0.396 e. The van der Waals surface area contributed by atoms with E-state index in [4.69, 9.17) is 9.47 Å². The molecule has 2 N–H and O–H groups in total. The number of anilines is 2. The van der Waals surface area contributed by atoms with Crippen molar-refractivity contribution in [1.82, 2.24) is 0 Å². The minimum Gasteiger partial charge on any atom is -0.494 e. The summed E-state index contributed by atoms with van der Waals surface area (Å²) in [6.45, 7) is 0. The van der Waals surface area contributed by atoms with Crippen LogP contribution in [0.4, 0.5) is 40.3 Å². The molecule has 0 fully saturated rings. The Kier molecular flexibility index (Phi) is 7.24. The van der Waals surface area contributed by atoms with E-state index in [1.807, 2.05) is 0 Å². The summed E-state index contributed by atoms with van der Waals surface area (Å²) in [5, 5.41) is 24.4. The molecule has 0 saturated carbocycles. The zero-order valence-electron chi connectivity index (χ0n) is 17.1. The van der Waals surface area contributed by atoms with Crippen LogP contribution in [-0.2, 0) is 9.59 Å². The number of rotatable bonds is 9. The van der Waals surface area contributed by atoms with Crippen LogP contribution in [0.25, 0.3) is 0 Å². The number of methoxy groups -OCH3 is 2. The summed E-state index contributed by atoms with van der Waals surface area (Å²) in [6, 6.07) is 4.62. The van der Waals surface area contributed by atoms with Crippen LogP contribution < -0.4 is 20.1 Å². The third-order valence-corrected chi connectivity index (χ3v) is 4.25. The summed E-state index contributed by atoms with van der Waals surface area (Å²) in [6.07, 6.45) is 0. The number of ether oxygens (including phenoxy) is 2. The molecule has 2 amide bonds. The normalized spacial score (nSPS) is 11.4. The van der Waals surface area contributed by atoms with Crippen molar-refractivity contribution < 1.29 is 46.5 Å². The van der Waals surface area contributed by atoms with Gasteiger partial charge in [0.25, 0.3) is 11.4 Å². The number of carbonyl (C=O) groups excluding carboxylic acids is 2. The van der Waals surface area contributed by atoms with E-state index in [0.29, 0.717) is 0 Å². The topological polar surface area (TPSA) is 163 Å². The monoisotopic (exact) mass is 490 g/mol. The minimum absolute atomic E-state index is 0.485. The third kappa shape index (κ3) is 4.94. The van der Waals surface area contributed by atoms with E-state index in [2.05, 4.69) is 0 Å². The highest BCUT2D eigenvalue weighted by Gasteiger charge is 2.67. The number of hydrogen-bond acceptors (Lipinski definition) is 8. The number of nitrogens with zero attached hydrogens (tertiary/aromatic N) is 2. The molecule has 0 heterocycles. The quantitative estimate of drug-likeness (QED) is 0.307. The lowest BCUT2D eigenvalue weighted by Gasteiger charge is -2.25. The molecule has 0 radical (unpaired) electrons. The highest BCUT2D eigenvalue weighted by Crippen LogP contribution is 2.39. The van der Waals surface area contributed by atoms with Gasteiger partial charge in [-0.3, -0.25) is 29.8 Å². The molecule has 0 aliphatic rings. The first kappa shape index (κ1) is 25.8. The molecule has 2 rings (SSSR count). The second-order valence-corrected chi connectivity index (χ2v) is 6.34. The molecular weight excluding hydrogens is 476 g/mol. The van der Waals surface area contributed by atoms with Gasteiger partial charge in [0, 0.05) is 12.1 Å². The summed E-state index contributed by atoms with van der Waals surface area (Å²) in [7, 11) is 1.96. The Balaban J connectivity index is 2.29. The number of carbonyl (C=O) groups is 2. The van der Waals surface area contributed by atoms with Crippen LogP contribution >= 0.6 is 0 Å². The Morgan fingerprint density at radius 3 is 1.35 bits per heavy atom. The fourth-order valence-corrected chi connectivity index (χ4v) is 2.48. The highest BCUT2D eigenvalue weighted by atomic mass is 19.3. The van der Waals surface area contributed by atoms with Gasteiger partial charge in [-0.05, 0) is 12.1 Å². The molecule has 0 aliphatic carbocycles. The predicted molar refractivity (Wildman–Crippen MR) is 106 cm³/mol. The van der Waals surface area contributed by atoms with Gasteiger partial charge in [-0.25, -0.2) is 0 Å². The van der Waals surface area contributed by atoms with Crippen molar-refractivity contribution in [3.05, 3.63) is 56.6 Å². The molecule has 0 aromatic heterocycles. The molecule has 0 saturated heterocycles. The number of benzene rings is 2. The lowest BCUT2D eigenvalue weighted by Crippen LogP contribution is -2.56. The van der Waals surface area contributed by atoms with Crippen LogP contribution in [-0.4, -0.2) is 47.7 Å². The Bertz CT molecular complexity index is 1070. The first-order valence-corrected chi connectivity index (χ1v) is 8.79. The Morgan fingerprint density at radius 2 is 1.09 bits per heavy atom. The molecule has 12 nitrogen and oxygen atoms in total. The molecule has 182 valence electrons. The number of nitro groups is 2. The van der Waals surface area contributed by atoms with Crippen LogP contribution in [0, 0.1) is 20.2 Å². The van der Waals surface area contributed by atoms with Crippen LogP contribution in [0.1, 0.15) is 0 Å². The highest BCUT2D eigenvalue weighted by molar-refractivity contribution is 6.06. The van der Waals surface area contributed by atoms with Crippen molar-refractivity contribution in [1.29, 1.82) is 0 Å². The van der Waals surface area contributed by atoms with Crippen molar-refractivity contribution in [2.75, 3.05) is 24.9 Å². The Hall–Kier alpha value is -4.50. The van der Waals surface area contributed by atoms with Gasteiger partial charge in [0.15, 0.2) is 0 Å². The van der Waals surface area contributed by atoms with Crippen LogP contribution in [0.5, 0.6) is 11.5 Å². The molecule has 0 unspecified atom stereocenters. The van der Waals surface area contributed by atoms with E-state index >= 15 is 0 Å². The van der Waals surface area contributed by atoms with E-state index in [-0.39, 0.29) is 0 Å². The van der Waals surface area contributed by atoms with Crippen LogP contribution in [0.2, 0.25) is 0 Å². The summed E-state index contributed by atoms with van der Waals surface area (Å²) < 4.78 is 66.8. The first-order valence-electron chi connectivity index (χ1n) is 8.79. The maximum atomic E-state index is 14.3. The number of alkyl halides is 4. The number of halogens is 4.